The fraction of sp³-hybridized carbons (Fsp3) is 0.650. The molecule has 2 rings (SSSR count). The standard InChI is InChI=1S/C20H32ClN3O3/c1-4-22-20(24-9-8-16(14-24)15-27-11-10-25-2)23-13-19(26-3)17-6-5-7-18(21)12-17/h5-7,12,16,19H,4,8-11,13-15H2,1-3H3,(H,22,23). The number of hydrogen-bond acceptors (Lipinski definition) is 4. The highest BCUT2D eigenvalue weighted by atomic mass is 35.5. The summed E-state index contributed by atoms with van der Waals surface area (Å²) in [5.74, 6) is 1.46. The Morgan fingerprint density at radius 2 is 2.22 bits per heavy atom. The lowest BCUT2D eigenvalue weighted by Gasteiger charge is -2.23. The number of guanidine groups is 1. The minimum absolute atomic E-state index is 0.117. The van der Waals surface area contributed by atoms with Crippen molar-refractivity contribution in [2.45, 2.75) is 19.4 Å². The van der Waals surface area contributed by atoms with Crippen molar-refractivity contribution in [1.82, 2.24) is 10.2 Å². The largest absolute Gasteiger partial charge is 0.382 e. The van der Waals surface area contributed by atoms with Gasteiger partial charge in [-0.3, -0.25) is 4.99 Å². The third-order valence-corrected chi connectivity index (χ3v) is 4.85. The fourth-order valence-electron chi connectivity index (χ4n) is 3.17. The second-order valence-corrected chi connectivity index (χ2v) is 7.08. The van der Waals surface area contributed by atoms with Crippen molar-refractivity contribution in [1.29, 1.82) is 0 Å². The SMILES string of the molecule is CCNC(=NCC(OC)c1cccc(Cl)c1)N1CCC(COCCOC)C1. The first-order valence-corrected chi connectivity index (χ1v) is 9.93. The number of likely N-dealkylation sites (tertiary alicyclic amines) is 1. The molecule has 27 heavy (non-hydrogen) atoms. The van der Waals surface area contributed by atoms with Crippen LogP contribution in [-0.4, -0.2) is 71.1 Å². The van der Waals surface area contributed by atoms with Crippen LogP contribution in [0.3, 0.4) is 0 Å². The van der Waals surface area contributed by atoms with Gasteiger partial charge in [0.25, 0.3) is 0 Å². The number of ether oxygens (including phenoxy) is 3. The predicted molar refractivity (Wildman–Crippen MR) is 110 cm³/mol. The van der Waals surface area contributed by atoms with Crippen molar-refractivity contribution in [2.24, 2.45) is 10.9 Å². The number of aliphatic imine (C=N–C) groups is 1. The lowest BCUT2D eigenvalue weighted by molar-refractivity contribution is 0.0536. The molecular formula is C20H32ClN3O3. The van der Waals surface area contributed by atoms with Gasteiger partial charge in [0.15, 0.2) is 5.96 Å². The van der Waals surface area contributed by atoms with Crippen LogP contribution >= 0.6 is 11.6 Å². The lowest BCUT2D eigenvalue weighted by atomic mass is 10.1. The van der Waals surface area contributed by atoms with Crippen molar-refractivity contribution in [2.75, 3.05) is 60.2 Å². The van der Waals surface area contributed by atoms with Crippen molar-refractivity contribution < 1.29 is 14.2 Å². The maximum Gasteiger partial charge on any atom is 0.194 e. The summed E-state index contributed by atoms with van der Waals surface area (Å²) in [5.41, 5.74) is 1.04. The van der Waals surface area contributed by atoms with Crippen LogP contribution in [0.25, 0.3) is 0 Å². The van der Waals surface area contributed by atoms with Crippen molar-refractivity contribution in [3.8, 4) is 0 Å². The molecule has 1 aliphatic rings. The Morgan fingerprint density at radius 3 is 2.93 bits per heavy atom. The molecule has 2 atom stereocenters. The van der Waals surface area contributed by atoms with Crippen LogP contribution in [0.15, 0.2) is 29.3 Å². The lowest BCUT2D eigenvalue weighted by Crippen LogP contribution is -2.40. The Bertz CT molecular complexity index is 585. The van der Waals surface area contributed by atoms with Gasteiger partial charge in [-0.15, -0.1) is 0 Å². The molecule has 152 valence electrons. The van der Waals surface area contributed by atoms with Gasteiger partial charge in [-0.25, -0.2) is 0 Å². The van der Waals surface area contributed by atoms with Crippen LogP contribution in [0.5, 0.6) is 0 Å². The molecule has 1 aromatic carbocycles. The van der Waals surface area contributed by atoms with E-state index in [1.807, 2.05) is 24.3 Å². The van der Waals surface area contributed by atoms with E-state index in [1.165, 1.54) is 0 Å². The van der Waals surface area contributed by atoms with Gasteiger partial charge in [0.05, 0.1) is 26.4 Å². The summed E-state index contributed by atoms with van der Waals surface area (Å²) in [6, 6.07) is 7.75. The zero-order chi connectivity index (χ0) is 19.5. The van der Waals surface area contributed by atoms with E-state index in [1.54, 1.807) is 14.2 Å². The van der Waals surface area contributed by atoms with Gasteiger partial charge in [-0.2, -0.15) is 0 Å². The minimum Gasteiger partial charge on any atom is -0.382 e. The zero-order valence-electron chi connectivity index (χ0n) is 16.6. The fourth-order valence-corrected chi connectivity index (χ4v) is 3.37. The molecule has 1 heterocycles. The maximum absolute atomic E-state index is 6.11. The molecule has 0 spiro atoms. The number of rotatable bonds is 10. The van der Waals surface area contributed by atoms with E-state index in [4.69, 9.17) is 30.8 Å². The van der Waals surface area contributed by atoms with E-state index < -0.39 is 0 Å². The first-order chi connectivity index (χ1) is 13.2. The zero-order valence-corrected chi connectivity index (χ0v) is 17.4. The first-order valence-electron chi connectivity index (χ1n) is 9.56. The van der Waals surface area contributed by atoms with Crippen LogP contribution in [0.4, 0.5) is 0 Å². The van der Waals surface area contributed by atoms with E-state index in [9.17, 15) is 0 Å². The molecule has 0 bridgehead atoms. The molecule has 6 nitrogen and oxygen atoms in total. The average molecular weight is 398 g/mol. The van der Waals surface area contributed by atoms with E-state index >= 15 is 0 Å². The van der Waals surface area contributed by atoms with Crippen LogP contribution in [0.1, 0.15) is 25.0 Å². The Balaban J connectivity index is 1.93. The van der Waals surface area contributed by atoms with Gasteiger partial charge < -0.3 is 24.4 Å². The van der Waals surface area contributed by atoms with Crippen LogP contribution in [0, 0.1) is 5.92 Å². The molecule has 0 aromatic heterocycles. The summed E-state index contributed by atoms with van der Waals surface area (Å²) < 4.78 is 16.3. The Hall–Kier alpha value is -1.34. The van der Waals surface area contributed by atoms with Gasteiger partial charge in [0, 0.05) is 44.8 Å². The molecule has 2 unspecified atom stereocenters. The quantitative estimate of drug-likeness (QED) is 0.373. The highest BCUT2D eigenvalue weighted by molar-refractivity contribution is 6.30. The average Bonchev–Trinajstić information content (AvgIpc) is 3.14. The summed E-state index contributed by atoms with van der Waals surface area (Å²) in [5, 5.41) is 4.11. The topological polar surface area (TPSA) is 55.3 Å². The third kappa shape index (κ3) is 7.30. The van der Waals surface area contributed by atoms with Crippen LogP contribution in [-0.2, 0) is 14.2 Å². The molecule has 0 amide bonds. The molecule has 0 aliphatic carbocycles. The Morgan fingerprint density at radius 1 is 1.37 bits per heavy atom. The molecular weight excluding hydrogens is 366 g/mol. The summed E-state index contributed by atoms with van der Waals surface area (Å²) in [6.07, 6.45) is 0.993. The van der Waals surface area contributed by atoms with Gasteiger partial charge in [0.1, 0.15) is 6.10 Å². The van der Waals surface area contributed by atoms with E-state index in [0.29, 0.717) is 30.7 Å². The van der Waals surface area contributed by atoms with E-state index in [0.717, 1.165) is 44.2 Å². The smallest absolute Gasteiger partial charge is 0.194 e. The molecule has 0 radical (unpaired) electrons. The second-order valence-electron chi connectivity index (χ2n) is 6.64. The first kappa shape index (κ1) is 22.0. The van der Waals surface area contributed by atoms with Crippen LogP contribution in [0.2, 0.25) is 5.02 Å². The summed E-state index contributed by atoms with van der Waals surface area (Å²) >= 11 is 6.11. The van der Waals surface area contributed by atoms with Gasteiger partial charge in [-0.05, 0) is 31.0 Å². The molecule has 1 N–H and O–H groups in total. The van der Waals surface area contributed by atoms with Gasteiger partial charge >= 0.3 is 0 Å². The number of nitrogens with zero attached hydrogens (tertiary/aromatic N) is 2. The van der Waals surface area contributed by atoms with E-state index in [2.05, 4.69) is 17.1 Å². The maximum atomic E-state index is 6.11. The molecule has 1 fully saturated rings. The monoisotopic (exact) mass is 397 g/mol. The molecule has 0 saturated carbocycles. The Labute approximate surface area is 167 Å². The van der Waals surface area contributed by atoms with Crippen molar-refractivity contribution in [3.05, 3.63) is 34.9 Å². The molecule has 7 heteroatoms. The number of hydrogen-bond donors (Lipinski definition) is 1. The van der Waals surface area contributed by atoms with Crippen molar-refractivity contribution >= 4 is 17.6 Å². The summed E-state index contributed by atoms with van der Waals surface area (Å²) in [7, 11) is 3.40. The predicted octanol–water partition coefficient (Wildman–Crippen LogP) is 2.98. The van der Waals surface area contributed by atoms with Gasteiger partial charge in [0.2, 0.25) is 0 Å². The van der Waals surface area contributed by atoms with Gasteiger partial charge in [-0.1, -0.05) is 23.7 Å². The summed E-state index contributed by atoms with van der Waals surface area (Å²) in [6.45, 7) is 7.46. The number of halogens is 1. The highest BCUT2D eigenvalue weighted by Gasteiger charge is 2.25. The normalized spacial score (nSPS) is 18.7. The number of benzene rings is 1. The van der Waals surface area contributed by atoms with Crippen LogP contribution < -0.4 is 5.32 Å². The molecule has 1 aliphatic heterocycles. The molecule has 1 saturated heterocycles. The minimum atomic E-state index is -0.117. The number of methoxy groups -OCH3 is 2. The highest BCUT2D eigenvalue weighted by Crippen LogP contribution is 2.21. The number of nitrogens with one attached hydrogen (secondary N) is 1. The Kier molecular flexibility index (Phi) is 9.91. The second kappa shape index (κ2) is 12.2. The summed E-state index contributed by atoms with van der Waals surface area (Å²) in [4.78, 5) is 7.12. The van der Waals surface area contributed by atoms with E-state index in [-0.39, 0.29) is 6.10 Å². The van der Waals surface area contributed by atoms with Crippen molar-refractivity contribution in [3.63, 3.8) is 0 Å². The third-order valence-electron chi connectivity index (χ3n) is 4.62. The molecule has 1 aromatic rings.